The fourth-order valence-corrected chi connectivity index (χ4v) is 1.07. The van der Waals surface area contributed by atoms with E-state index in [9.17, 15) is 5.11 Å². The van der Waals surface area contributed by atoms with E-state index < -0.39 is 0 Å². The lowest BCUT2D eigenvalue weighted by atomic mass is 10.2. The van der Waals surface area contributed by atoms with Crippen LogP contribution in [0.2, 0.25) is 0 Å². The molecule has 0 unspecified atom stereocenters. The summed E-state index contributed by atoms with van der Waals surface area (Å²) in [6.45, 7) is 0. The monoisotopic (exact) mass is 178 g/mol. The van der Waals surface area contributed by atoms with Gasteiger partial charge in [-0.05, 0) is 6.07 Å². The third-order valence-corrected chi connectivity index (χ3v) is 1.71. The maximum absolute atomic E-state index is 9.29. The van der Waals surface area contributed by atoms with Gasteiger partial charge in [-0.25, -0.2) is 0 Å². The lowest BCUT2D eigenvalue weighted by Crippen LogP contribution is -1.83. The van der Waals surface area contributed by atoms with Gasteiger partial charge in [0.05, 0.1) is 6.20 Å². The number of aromatic hydroxyl groups is 3. The highest BCUT2D eigenvalue weighted by Gasteiger charge is 2.06. The number of hydrogen-bond acceptors (Lipinski definition) is 5. The first-order valence-corrected chi connectivity index (χ1v) is 3.55. The first-order chi connectivity index (χ1) is 6.18. The minimum Gasteiger partial charge on any atom is -0.506 e. The van der Waals surface area contributed by atoms with E-state index in [1.807, 2.05) is 0 Å². The van der Waals surface area contributed by atoms with Gasteiger partial charge >= 0.3 is 0 Å². The molecule has 2 rings (SSSR count). The summed E-state index contributed by atoms with van der Waals surface area (Å²) in [6, 6.07) is 2.46. The lowest BCUT2D eigenvalue weighted by Gasteiger charge is -2.01. The summed E-state index contributed by atoms with van der Waals surface area (Å²) < 4.78 is 0. The molecular formula is C8H6N2O3. The van der Waals surface area contributed by atoms with E-state index in [2.05, 4.69) is 10.2 Å². The van der Waals surface area contributed by atoms with Gasteiger partial charge in [-0.2, -0.15) is 10.2 Å². The highest BCUT2D eigenvalue weighted by atomic mass is 16.3. The molecule has 0 fully saturated rings. The maximum Gasteiger partial charge on any atom is 0.159 e. The van der Waals surface area contributed by atoms with Gasteiger partial charge in [-0.1, -0.05) is 0 Å². The molecule has 0 aliphatic heterocycles. The number of phenols is 2. The largest absolute Gasteiger partial charge is 0.506 e. The molecule has 0 radical (unpaired) electrons. The van der Waals surface area contributed by atoms with Crippen molar-refractivity contribution in [3.8, 4) is 17.2 Å². The summed E-state index contributed by atoms with van der Waals surface area (Å²) in [5.74, 6) is -0.663. The Hall–Kier alpha value is -2.04. The molecular weight excluding hydrogens is 172 g/mol. The third kappa shape index (κ3) is 1.10. The molecule has 66 valence electrons. The fourth-order valence-electron chi connectivity index (χ4n) is 1.07. The molecule has 13 heavy (non-hydrogen) atoms. The zero-order valence-electron chi connectivity index (χ0n) is 6.47. The van der Waals surface area contributed by atoms with Gasteiger partial charge in [0.2, 0.25) is 0 Å². The Kier molecular flexibility index (Phi) is 1.45. The van der Waals surface area contributed by atoms with E-state index >= 15 is 0 Å². The van der Waals surface area contributed by atoms with Gasteiger partial charge in [-0.15, -0.1) is 0 Å². The normalized spacial score (nSPS) is 10.5. The van der Waals surface area contributed by atoms with E-state index in [4.69, 9.17) is 10.2 Å². The molecule has 1 aromatic heterocycles. The molecule has 3 N–H and O–H groups in total. The fraction of sp³-hybridized carbons (Fsp3) is 0. The number of fused-ring (bicyclic) bond motifs is 1. The molecule has 5 nitrogen and oxygen atoms in total. The minimum atomic E-state index is -0.296. The van der Waals surface area contributed by atoms with Crippen LogP contribution in [-0.2, 0) is 0 Å². The van der Waals surface area contributed by atoms with Crippen LogP contribution in [-0.4, -0.2) is 25.5 Å². The number of aromatic nitrogens is 2. The molecule has 1 aromatic carbocycles. The van der Waals surface area contributed by atoms with Crippen molar-refractivity contribution >= 4 is 10.9 Å². The second-order valence-electron chi connectivity index (χ2n) is 2.59. The zero-order valence-corrected chi connectivity index (χ0v) is 6.47. The first kappa shape index (κ1) is 7.60. The van der Waals surface area contributed by atoms with Crippen molar-refractivity contribution in [2.75, 3.05) is 0 Å². The van der Waals surface area contributed by atoms with Crippen LogP contribution in [0.4, 0.5) is 0 Å². The Balaban J connectivity index is 2.89. The van der Waals surface area contributed by atoms with Crippen LogP contribution < -0.4 is 0 Å². The van der Waals surface area contributed by atoms with Crippen LogP contribution in [0.15, 0.2) is 18.3 Å². The van der Waals surface area contributed by atoms with Gasteiger partial charge in [0.1, 0.15) is 11.3 Å². The van der Waals surface area contributed by atoms with Crippen molar-refractivity contribution in [2.24, 2.45) is 0 Å². The number of benzene rings is 1. The standard InChI is InChI=1S/C8H6N2O3/c11-6-1-4-5(2-7(6)12)10-9-3-8(4)13/h1-3,11-12H,(H,10,13). The number of hydrogen-bond donors (Lipinski definition) is 3. The Morgan fingerprint density at radius 1 is 0.923 bits per heavy atom. The summed E-state index contributed by atoms with van der Waals surface area (Å²) in [6.07, 6.45) is 1.17. The smallest absolute Gasteiger partial charge is 0.159 e. The molecule has 0 bridgehead atoms. The molecule has 1 heterocycles. The first-order valence-electron chi connectivity index (χ1n) is 3.55. The van der Waals surface area contributed by atoms with Crippen molar-refractivity contribution in [1.29, 1.82) is 0 Å². The van der Waals surface area contributed by atoms with Gasteiger partial charge in [-0.3, -0.25) is 0 Å². The Morgan fingerprint density at radius 2 is 1.62 bits per heavy atom. The predicted octanol–water partition coefficient (Wildman–Crippen LogP) is 0.747. The van der Waals surface area contributed by atoms with E-state index in [0.717, 1.165) is 0 Å². The molecule has 0 aliphatic carbocycles. The van der Waals surface area contributed by atoms with Gasteiger partial charge < -0.3 is 15.3 Å². The lowest BCUT2D eigenvalue weighted by molar-refractivity contribution is 0.404. The average Bonchev–Trinajstić information content (AvgIpc) is 2.09. The molecule has 0 saturated heterocycles. The number of rotatable bonds is 0. The van der Waals surface area contributed by atoms with Crippen molar-refractivity contribution in [2.45, 2.75) is 0 Å². The van der Waals surface area contributed by atoms with Crippen LogP contribution in [0.25, 0.3) is 10.9 Å². The zero-order chi connectivity index (χ0) is 9.42. The molecule has 0 atom stereocenters. The van der Waals surface area contributed by atoms with E-state index in [1.165, 1.54) is 18.3 Å². The third-order valence-electron chi connectivity index (χ3n) is 1.71. The quantitative estimate of drug-likeness (QED) is 0.518. The summed E-state index contributed by atoms with van der Waals surface area (Å²) in [5, 5.41) is 35.0. The van der Waals surface area contributed by atoms with Gasteiger partial charge in [0.25, 0.3) is 0 Å². The van der Waals surface area contributed by atoms with Crippen molar-refractivity contribution in [3.05, 3.63) is 18.3 Å². The molecule has 0 saturated carbocycles. The Labute approximate surface area is 72.9 Å². The van der Waals surface area contributed by atoms with Crippen molar-refractivity contribution in [3.63, 3.8) is 0 Å². The van der Waals surface area contributed by atoms with E-state index in [0.29, 0.717) is 10.9 Å². The van der Waals surface area contributed by atoms with Crippen LogP contribution in [0.3, 0.4) is 0 Å². The Morgan fingerprint density at radius 3 is 2.38 bits per heavy atom. The molecule has 0 spiro atoms. The van der Waals surface area contributed by atoms with E-state index in [-0.39, 0.29) is 17.2 Å². The number of phenolic OH excluding ortho intramolecular Hbond substituents is 2. The summed E-state index contributed by atoms with van der Waals surface area (Å²) in [7, 11) is 0. The topological polar surface area (TPSA) is 86.5 Å². The molecule has 0 amide bonds. The molecule has 2 aromatic rings. The summed E-state index contributed by atoms with van der Waals surface area (Å²) >= 11 is 0. The van der Waals surface area contributed by atoms with Crippen LogP contribution in [0.1, 0.15) is 0 Å². The van der Waals surface area contributed by atoms with Crippen LogP contribution in [0.5, 0.6) is 17.2 Å². The predicted molar refractivity (Wildman–Crippen MR) is 44.5 cm³/mol. The average molecular weight is 178 g/mol. The summed E-state index contributed by atoms with van der Waals surface area (Å²) in [4.78, 5) is 0. The SMILES string of the molecule is Oc1cc2nncc(O)c2cc1O. The van der Waals surface area contributed by atoms with Crippen molar-refractivity contribution in [1.82, 2.24) is 10.2 Å². The highest BCUT2D eigenvalue weighted by molar-refractivity contribution is 5.86. The van der Waals surface area contributed by atoms with Gasteiger partial charge in [0, 0.05) is 11.5 Å². The van der Waals surface area contributed by atoms with Crippen LogP contribution in [0, 0.1) is 0 Å². The van der Waals surface area contributed by atoms with E-state index in [1.54, 1.807) is 0 Å². The second kappa shape index (κ2) is 2.48. The number of nitrogens with zero attached hydrogens (tertiary/aromatic N) is 2. The molecule has 0 aliphatic rings. The maximum atomic E-state index is 9.29. The van der Waals surface area contributed by atoms with Crippen LogP contribution >= 0.6 is 0 Å². The Bertz CT molecular complexity index is 470. The summed E-state index contributed by atoms with van der Waals surface area (Å²) in [5.41, 5.74) is 0.329. The van der Waals surface area contributed by atoms with Gasteiger partial charge in [0.15, 0.2) is 11.5 Å². The van der Waals surface area contributed by atoms with Crippen molar-refractivity contribution < 1.29 is 15.3 Å². The molecule has 5 heteroatoms. The minimum absolute atomic E-state index is 0.0831. The highest BCUT2D eigenvalue weighted by Crippen LogP contribution is 2.32. The second-order valence-corrected chi connectivity index (χ2v) is 2.59.